The van der Waals surface area contributed by atoms with Crippen LogP contribution in [-0.2, 0) is 0 Å². The maximum Gasteiger partial charge on any atom is 0.138 e. The molecule has 1 N–H and O–H groups in total. The zero-order valence-electron chi connectivity index (χ0n) is 13.1. The molecule has 2 aromatic rings. The number of hydrogen-bond donors (Lipinski definition) is 1. The maximum absolute atomic E-state index is 5.74. The standard InChI is InChI=1S/C16H23N3OS/c1-5-6-18-16(15-10-21-12(4)19-15)13-7-14(9-17-8-13)20-11(2)3/h7-11,16,18H,5-6H2,1-4H3. The molecule has 0 aliphatic carbocycles. The van der Waals surface area contributed by atoms with Gasteiger partial charge < -0.3 is 10.1 Å². The predicted molar refractivity (Wildman–Crippen MR) is 87.0 cm³/mol. The van der Waals surface area contributed by atoms with Crippen molar-refractivity contribution < 1.29 is 4.74 Å². The van der Waals surface area contributed by atoms with Gasteiger partial charge in [-0.15, -0.1) is 11.3 Å². The number of nitrogens with zero attached hydrogens (tertiary/aromatic N) is 2. The molecule has 1 unspecified atom stereocenters. The topological polar surface area (TPSA) is 47.0 Å². The summed E-state index contributed by atoms with van der Waals surface area (Å²) in [6, 6.07) is 2.12. The van der Waals surface area contributed by atoms with Gasteiger partial charge in [-0.25, -0.2) is 4.98 Å². The van der Waals surface area contributed by atoms with Gasteiger partial charge in [-0.1, -0.05) is 6.92 Å². The first-order valence-corrected chi connectivity index (χ1v) is 8.25. The van der Waals surface area contributed by atoms with Crippen LogP contribution in [-0.4, -0.2) is 22.6 Å². The molecule has 0 saturated carbocycles. The van der Waals surface area contributed by atoms with E-state index in [1.165, 1.54) is 0 Å². The minimum atomic E-state index is 0.0677. The average Bonchev–Trinajstić information content (AvgIpc) is 2.85. The van der Waals surface area contributed by atoms with E-state index in [0.29, 0.717) is 0 Å². The molecule has 0 amide bonds. The Morgan fingerprint density at radius 1 is 1.33 bits per heavy atom. The molecule has 0 aliphatic heterocycles. The molecule has 0 bridgehead atoms. The Kier molecular flexibility index (Phi) is 5.70. The van der Waals surface area contributed by atoms with Crippen molar-refractivity contribution in [2.75, 3.05) is 6.54 Å². The number of hydrogen-bond acceptors (Lipinski definition) is 5. The van der Waals surface area contributed by atoms with Crippen LogP contribution < -0.4 is 10.1 Å². The van der Waals surface area contributed by atoms with Gasteiger partial charge in [0, 0.05) is 11.6 Å². The lowest BCUT2D eigenvalue weighted by Crippen LogP contribution is -2.23. The molecule has 2 heterocycles. The van der Waals surface area contributed by atoms with Crippen molar-refractivity contribution in [3.63, 3.8) is 0 Å². The summed E-state index contributed by atoms with van der Waals surface area (Å²) in [5, 5.41) is 6.73. The maximum atomic E-state index is 5.74. The number of pyridine rings is 1. The van der Waals surface area contributed by atoms with Gasteiger partial charge in [0.25, 0.3) is 0 Å². The van der Waals surface area contributed by atoms with Crippen molar-refractivity contribution >= 4 is 11.3 Å². The van der Waals surface area contributed by atoms with Crippen molar-refractivity contribution in [2.45, 2.75) is 46.3 Å². The van der Waals surface area contributed by atoms with Crippen LogP contribution in [0, 0.1) is 6.92 Å². The van der Waals surface area contributed by atoms with Gasteiger partial charge in [0.05, 0.1) is 29.0 Å². The summed E-state index contributed by atoms with van der Waals surface area (Å²) < 4.78 is 5.74. The molecular formula is C16H23N3OS. The van der Waals surface area contributed by atoms with Crippen LogP contribution in [0.25, 0.3) is 0 Å². The monoisotopic (exact) mass is 305 g/mol. The first kappa shape index (κ1) is 15.9. The van der Waals surface area contributed by atoms with Gasteiger partial charge >= 0.3 is 0 Å². The molecule has 2 aromatic heterocycles. The molecule has 0 fully saturated rings. The van der Waals surface area contributed by atoms with E-state index in [0.717, 1.165) is 35.0 Å². The van der Waals surface area contributed by atoms with Crippen molar-refractivity contribution in [1.82, 2.24) is 15.3 Å². The molecular weight excluding hydrogens is 282 g/mol. The average molecular weight is 305 g/mol. The third-order valence-corrected chi connectivity index (χ3v) is 3.76. The van der Waals surface area contributed by atoms with Crippen molar-refractivity contribution in [3.8, 4) is 5.75 Å². The lowest BCUT2D eigenvalue weighted by molar-refractivity contribution is 0.241. The minimum absolute atomic E-state index is 0.0677. The van der Waals surface area contributed by atoms with Crippen molar-refractivity contribution in [3.05, 3.63) is 40.1 Å². The molecule has 2 rings (SSSR count). The zero-order valence-corrected chi connectivity index (χ0v) is 13.9. The number of thiazole rings is 1. The summed E-state index contributed by atoms with van der Waals surface area (Å²) in [5.41, 5.74) is 2.14. The molecule has 5 heteroatoms. The van der Waals surface area contributed by atoms with E-state index >= 15 is 0 Å². The normalized spacial score (nSPS) is 12.6. The van der Waals surface area contributed by atoms with Crippen LogP contribution in [0.5, 0.6) is 5.75 Å². The van der Waals surface area contributed by atoms with E-state index < -0.39 is 0 Å². The van der Waals surface area contributed by atoms with Crippen LogP contribution in [0.3, 0.4) is 0 Å². The quantitative estimate of drug-likeness (QED) is 0.847. The summed E-state index contributed by atoms with van der Waals surface area (Å²) in [7, 11) is 0. The first-order chi connectivity index (χ1) is 10.1. The second kappa shape index (κ2) is 7.52. The van der Waals surface area contributed by atoms with Crippen LogP contribution in [0.15, 0.2) is 23.8 Å². The van der Waals surface area contributed by atoms with Gasteiger partial charge in [0.2, 0.25) is 0 Å². The van der Waals surface area contributed by atoms with E-state index in [1.54, 1.807) is 17.5 Å². The van der Waals surface area contributed by atoms with Crippen LogP contribution >= 0.6 is 11.3 Å². The molecule has 114 valence electrons. The van der Waals surface area contributed by atoms with E-state index in [9.17, 15) is 0 Å². The van der Waals surface area contributed by atoms with Gasteiger partial charge in [0.1, 0.15) is 5.75 Å². The Balaban J connectivity index is 2.27. The largest absolute Gasteiger partial charge is 0.489 e. The highest BCUT2D eigenvalue weighted by Crippen LogP contribution is 2.25. The lowest BCUT2D eigenvalue weighted by atomic mass is 10.1. The molecule has 0 spiro atoms. The van der Waals surface area contributed by atoms with Gasteiger partial charge in [-0.05, 0) is 45.4 Å². The highest BCUT2D eigenvalue weighted by molar-refractivity contribution is 7.09. The summed E-state index contributed by atoms with van der Waals surface area (Å²) in [6.07, 6.45) is 4.86. The third-order valence-electron chi connectivity index (χ3n) is 2.97. The number of aromatic nitrogens is 2. The van der Waals surface area contributed by atoms with Crippen LogP contribution in [0.2, 0.25) is 0 Å². The van der Waals surface area contributed by atoms with E-state index in [-0.39, 0.29) is 12.1 Å². The summed E-state index contributed by atoms with van der Waals surface area (Å²) in [4.78, 5) is 8.93. The van der Waals surface area contributed by atoms with Crippen LogP contribution in [0.1, 0.15) is 49.5 Å². The smallest absolute Gasteiger partial charge is 0.138 e. The number of ether oxygens (including phenoxy) is 1. The fourth-order valence-electron chi connectivity index (χ4n) is 2.12. The second-order valence-corrected chi connectivity index (χ2v) is 6.36. The number of rotatable bonds is 7. The molecule has 4 nitrogen and oxygen atoms in total. The van der Waals surface area contributed by atoms with Gasteiger partial charge in [-0.2, -0.15) is 0 Å². The molecule has 1 atom stereocenters. The summed E-state index contributed by atoms with van der Waals surface area (Å²) >= 11 is 1.67. The number of aryl methyl sites for hydroxylation is 1. The van der Waals surface area contributed by atoms with E-state index in [2.05, 4.69) is 33.7 Å². The Hall–Kier alpha value is -1.46. The van der Waals surface area contributed by atoms with Crippen LogP contribution in [0.4, 0.5) is 0 Å². The minimum Gasteiger partial charge on any atom is -0.489 e. The zero-order chi connectivity index (χ0) is 15.2. The highest BCUT2D eigenvalue weighted by Gasteiger charge is 2.17. The Morgan fingerprint density at radius 3 is 2.76 bits per heavy atom. The lowest BCUT2D eigenvalue weighted by Gasteiger charge is -2.18. The molecule has 0 aliphatic rings. The SMILES string of the molecule is CCCNC(c1cncc(OC(C)C)c1)c1csc(C)n1. The molecule has 0 radical (unpaired) electrons. The first-order valence-electron chi connectivity index (χ1n) is 7.37. The Labute approximate surface area is 130 Å². The highest BCUT2D eigenvalue weighted by atomic mass is 32.1. The van der Waals surface area contributed by atoms with Crippen molar-refractivity contribution in [1.29, 1.82) is 0 Å². The molecule has 0 saturated heterocycles. The second-order valence-electron chi connectivity index (χ2n) is 5.30. The van der Waals surface area contributed by atoms with Gasteiger partial charge in [0.15, 0.2) is 0 Å². The summed E-state index contributed by atoms with van der Waals surface area (Å²) in [6.45, 7) is 9.16. The van der Waals surface area contributed by atoms with E-state index in [1.807, 2.05) is 27.0 Å². The predicted octanol–water partition coefficient (Wildman–Crippen LogP) is 3.72. The Morgan fingerprint density at radius 2 is 2.14 bits per heavy atom. The van der Waals surface area contributed by atoms with Crippen molar-refractivity contribution in [2.24, 2.45) is 0 Å². The summed E-state index contributed by atoms with van der Waals surface area (Å²) in [5.74, 6) is 0.803. The third kappa shape index (κ3) is 4.51. The van der Waals surface area contributed by atoms with E-state index in [4.69, 9.17) is 4.74 Å². The number of nitrogens with one attached hydrogen (secondary N) is 1. The molecule has 21 heavy (non-hydrogen) atoms. The Bertz CT molecular complexity index is 568. The molecule has 0 aromatic carbocycles. The fourth-order valence-corrected chi connectivity index (χ4v) is 2.76. The fraction of sp³-hybridized carbons (Fsp3) is 0.500. The van der Waals surface area contributed by atoms with Gasteiger partial charge in [-0.3, -0.25) is 4.98 Å².